The van der Waals surface area contributed by atoms with E-state index in [0.29, 0.717) is 17.7 Å². The lowest BCUT2D eigenvalue weighted by molar-refractivity contribution is -0.0581. The Morgan fingerprint density at radius 1 is 1.24 bits per heavy atom. The maximum Gasteiger partial charge on any atom is 0.387 e. The molecule has 1 amide bonds. The number of benzene rings is 1. The van der Waals surface area contributed by atoms with Gasteiger partial charge in [-0.2, -0.15) is 8.78 Å². The van der Waals surface area contributed by atoms with Gasteiger partial charge in [-0.1, -0.05) is 0 Å². The lowest BCUT2D eigenvalue weighted by atomic mass is 10.1. The molecule has 2 aliphatic heterocycles. The Hall–Kier alpha value is -1.73. The van der Waals surface area contributed by atoms with Gasteiger partial charge in [0.2, 0.25) is 0 Å². The van der Waals surface area contributed by atoms with Crippen molar-refractivity contribution in [2.24, 2.45) is 5.92 Å². The van der Waals surface area contributed by atoms with E-state index in [2.05, 4.69) is 15.0 Å². The van der Waals surface area contributed by atoms with Crippen molar-refractivity contribution in [3.63, 3.8) is 0 Å². The molecule has 7 heteroatoms. The SMILES string of the molecule is O=C(N[C@H]1C[C@H]2CO[C@@H](C3CC3)CN2C1)c1ccc(OC(F)F)cc1. The lowest BCUT2D eigenvalue weighted by Crippen LogP contribution is -2.47. The van der Waals surface area contributed by atoms with Crippen LogP contribution in [0.4, 0.5) is 8.78 Å². The van der Waals surface area contributed by atoms with Crippen LogP contribution >= 0.6 is 0 Å². The van der Waals surface area contributed by atoms with Gasteiger partial charge < -0.3 is 14.8 Å². The number of carbonyl (C=O) groups excluding carboxylic acids is 1. The summed E-state index contributed by atoms with van der Waals surface area (Å²) >= 11 is 0. The number of hydrogen-bond acceptors (Lipinski definition) is 4. The summed E-state index contributed by atoms with van der Waals surface area (Å²) < 4.78 is 34.6. The monoisotopic (exact) mass is 352 g/mol. The molecule has 0 unspecified atom stereocenters. The molecular weight excluding hydrogens is 330 g/mol. The average molecular weight is 352 g/mol. The molecule has 0 spiro atoms. The molecular formula is C18H22F2N2O3. The van der Waals surface area contributed by atoms with Crippen LogP contribution in [0.5, 0.6) is 5.75 Å². The summed E-state index contributed by atoms with van der Waals surface area (Å²) in [5, 5.41) is 3.05. The number of nitrogens with one attached hydrogen (secondary N) is 1. The number of carbonyl (C=O) groups is 1. The van der Waals surface area contributed by atoms with Crippen LogP contribution in [0.15, 0.2) is 24.3 Å². The van der Waals surface area contributed by atoms with Crippen molar-refractivity contribution in [2.75, 3.05) is 19.7 Å². The molecule has 1 aromatic carbocycles. The van der Waals surface area contributed by atoms with Crippen LogP contribution in [-0.4, -0.2) is 55.3 Å². The standard InChI is InChI=1S/C18H22F2N2O3/c19-18(20)25-15-5-3-12(4-6-15)17(23)21-13-7-14-10-24-16(11-1-2-11)9-22(14)8-13/h3-6,11,13-14,16,18H,1-2,7-10H2,(H,21,23)/t13-,14-,16+/m0/s1. The molecule has 0 radical (unpaired) electrons. The van der Waals surface area contributed by atoms with E-state index in [-0.39, 0.29) is 17.7 Å². The van der Waals surface area contributed by atoms with Gasteiger partial charge in [-0.25, -0.2) is 0 Å². The molecule has 2 heterocycles. The molecule has 136 valence electrons. The molecule has 1 saturated carbocycles. The molecule has 25 heavy (non-hydrogen) atoms. The number of nitrogens with zero attached hydrogens (tertiary/aromatic N) is 1. The third kappa shape index (κ3) is 3.93. The summed E-state index contributed by atoms with van der Waals surface area (Å²) in [5.41, 5.74) is 0.443. The first kappa shape index (κ1) is 16.7. The van der Waals surface area contributed by atoms with Gasteiger partial charge in [-0.05, 0) is 49.4 Å². The molecule has 4 rings (SSSR count). The minimum Gasteiger partial charge on any atom is -0.435 e. The van der Waals surface area contributed by atoms with Crippen LogP contribution in [0, 0.1) is 5.92 Å². The van der Waals surface area contributed by atoms with Gasteiger partial charge in [-0.15, -0.1) is 0 Å². The smallest absolute Gasteiger partial charge is 0.387 e. The summed E-state index contributed by atoms with van der Waals surface area (Å²) in [5.74, 6) is 0.587. The van der Waals surface area contributed by atoms with Gasteiger partial charge in [-0.3, -0.25) is 9.69 Å². The second kappa shape index (κ2) is 6.88. The quantitative estimate of drug-likeness (QED) is 0.883. The topological polar surface area (TPSA) is 50.8 Å². The van der Waals surface area contributed by atoms with Crippen LogP contribution < -0.4 is 10.1 Å². The van der Waals surface area contributed by atoms with Gasteiger partial charge in [0, 0.05) is 30.7 Å². The number of hydrogen-bond donors (Lipinski definition) is 1. The molecule has 3 atom stereocenters. The van der Waals surface area contributed by atoms with Crippen LogP contribution in [-0.2, 0) is 4.74 Å². The normalized spacial score (nSPS) is 29.5. The van der Waals surface area contributed by atoms with Crippen LogP contribution in [0.2, 0.25) is 0 Å². The van der Waals surface area contributed by atoms with Crippen molar-refractivity contribution in [3.05, 3.63) is 29.8 Å². The fraction of sp³-hybridized carbons (Fsp3) is 0.611. The minimum absolute atomic E-state index is 0.0489. The molecule has 0 bridgehead atoms. The van der Waals surface area contributed by atoms with Gasteiger partial charge in [0.25, 0.3) is 5.91 Å². The Labute approximate surface area is 145 Å². The summed E-state index contributed by atoms with van der Waals surface area (Å²) in [4.78, 5) is 14.8. The fourth-order valence-electron chi connectivity index (χ4n) is 3.81. The van der Waals surface area contributed by atoms with Gasteiger partial charge in [0.15, 0.2) is 0 Å². The van der Waals surface area contributed by atoms with Crippen LogP contribution in [0.25, 0.3) is 0 Å². The predicted molar refractivity (Wildman–Crippen MR) is 86.8 cm³/mol. The number of halogens is 2. The number of fused-ring (bicyclic) bond motifs is 1. The third-order valence-corrected chi connectivity index (χ3v) is 5.27. The van der Waals surface area contributed by atoms with E-state index in [1.54, 1.807) is 0 Å². The van der Waals surface area contributed by atoms with Crippen molar-refractivity contribution in [1.82, 2.24) is 10.2 Å². The molecule has 3 aliphatic rings. The number of amides is 1. The Balaban J connectivity index is 1.31. The highest BCUT2D eigenvalue weighted by Crippen LogP contribution is 2.37. The van der Waals surface area contributed by atoms with E-state index < -0.39 is 6.61 Å². The van der Waals surface area contributed by atoms with Crippen LogP contribution in [0.1, 0.15) is 29.6 Å². The summed E-state index contributed by atoms with van der Waals surface area (Å²) in [6.07, 6.45) is 3.78. The first-order valence-electron chi connectivity index (χ1n) is 8.80. The maximum atomic E-state index is 12.4. The van der Waals surface area contributed by atoms with E-state index in [1.165, 1.54) is 37.1 Å². The van der Waals surface area contributed by atoms with Crippen LogP contribution in [0.3, 0.4) is 0 Å². The van der Waals surface area contributed by atoms with E-state index in [0.717, 1.165) is 32.0 Å². The highest BCUT2D eigenvalue weighted by molar-refractivity contribution is 5.94. The highest BCUT2D eigenvalue weighted by atomic mass is 19.3. The van der Waals surface area contributed by atoms with Gasteiger partial charge >= 0.3 is 6.61 Å². The second-order valence-electron chi connectivity index (χ2n) is 7.13. The fourth-order valence-corrected chi connectivity index (χ4v) is 3.81. The molecule has 2 saturated heterocycles. The zero-order valence-corrected chi connectivity index (χ0v) is 13.9. The summed E-state index contributed by atoms with van der Waals surface area (Å²) in [6, 6.07) is 6.24. The first-order chi connectivity index (χ1) is 12.1. The van der Waals surface area contributed by atoms with Gasteiger partial charge in [0.05, 0.1) is 12.7 Å². The first-order valence-corrected chi connectivity index (χ1v) is 8.80. The molecule has 1 aromatic rings. The number of alkyl halides is 2. The molecule has 3 fully saturated rings. The highest BCUT2D eigenvalue weighted by Gasteiger charge is 2.42. The largest absolute Gasteiger partial charge is 0.435 e. The number of ether oxygens (including phenoxy) is 2. The third-order valence-electron chi connectivity index (χ3n) is 5.27. The zero-order chi connectivity index (χ0) is 17.4. The molecule has 1 N–H and O–H groups in total. The number of morpholine rings is 1. The minimum atomic E-state index is -2.86. The Morgan fingerprint density at radius 2 is 2.00 bits per heavy atom. The summed E-state index contributed by atoms with van der Waals surface area (Å²) in [6.45, 7) is -0.318. The van der Waals surface area contributed by atoms with E-state index in [4.69, 9.17) is 4.74 Å². The maximum absolute atomic E-state index is 12.4. The van der Waals surface area contributed by atoms with Crippen molar-refractivity contribution < 1.29 is 23.0 Å². The van der Waals surface area contributed by atoms with Crippen molar-refractivity contribution >= 4 is 5.91 Å². The Bertz CT molecular complexity index is 621. The second-order valence-corrected chi connectivity index (χ2v) is 7.13. The van der Waals surface area contributed by atoms with E-state index in [1.807, 2.05) is 0 Å². The van der Waals surface area contributed by atoms with E-state index >= 15 is 0 Å². The van der Waals surface area contributed by atoms with E-state index in [9.17, 15) is 13.6 Å². The van der Waals surface area contributed by atoms with Crippen molar-refractivity contribution in [2.45, 2.75) is 44.1 Å². The average Bonchev–Trinajstić information content (AvgIpc) is 3.35. The summed E-state index contributed by atoms with van der Waals surface area (Å²) in [7, 11) is 0. The Kier molecular flexibility index (Phi) is 4.60. The molecule has 0 aromatic heterocycles. The Morgan fingerprint density at radius 3 is 2.68 bits per heavy atom. The van der Waals surface area contributed by atoms with Crippen molar-refractivity contribution in [3.8, 4) is 5.75 Å². The predicted octanol–water partition coefficient (Wildman–Crippen LogP) is 2.27. The zero-order valence-electron chi connectivity index (χ0n) is 13.9. The van der Waals surface area contributed by atoms with Crippen molar-refractivity contribution in [1.29, 1.82) is 0 Å². The van der Waals surface area contributed by atoms with Gasteiger partial charge in [0.1, 0.15) is 5.75 Å². The molecule has 1 aliphatic carbocycles. The lowest BCUT2D eigenvalue weighted by Gasteiger charge is -2.35. The molecule has 5 nitrogen and oxygen atoms in total. The number of rotatable bonds is 5.